The predicted molar refractivity (Wildman–Crippen MR) is 121 cm³/mol. The smallest absolute Gasteiger partial charge is 0.280 e. The number of benzene rings is 1. The van der Waals surface area contributed by atoms with E-state index in [2.05, 4.69) is 29.9 Å². The Morgan fingerprint density at radius 1 is 1.03 bits per heavy atom. The zero-order valence-corrected chi connectivity index (χ0v) is 18.7. The number of sulfonamides is 1. The lowest BCUT2D eigenvalue weighted by atomic mass is 10.3. The van der Waals surface area contributed by atoms with Crippen molar-refractivity contribution in [2.75, 3.05) is 28.0 Å². The van der Waals surface area contributed by atoms with E-state index in [1.165, 1.54) is 12.5 Å². The largest absolute Gasteiger partial charge is 0.341 e. The third-order valence-electron chi connectivity index (χ3n) is 5.09. The molecule has 0 saturated carbocycles. The highest BCUT2D eigenvalue weighted by molar-refractivity contribution is 7.92. The van der Waals surface area contributed by atoms with E-state index in [0.717, 1.165) is 43.3 Å². The molecule has 0 aliphatic carbocycles. The molecule has 0 radical (unpaired) electrons. The Hall–Kier alpha value is -3.14. The van der Waals surface area contributed by atoms with Gasteiger partial charge in [-0.1, -0.05) is 0 Å². The lowest BCUT2D eigenvalue weighted by Crippen LogP contribution is -2.21. The van der Waals surface area contributed by atoms with Gasteiger partial charge in [0.1, 0.15) is 5.82 Å². The second kappa shape index (κ2) is 8.54. The van der Waals surface area contributed by atoms with Crippen molar-refractivity contribution in [1.82, 2.24) is 19.5 Å². The van der Waals surface area contributed by atoms with Crippen molar-refractivity contribution in [3.63, 3.8) is 0 Å². The molecule has 2 N–H and O–H groups in total. The number of hydrogen-bond acceptors (Lipinski definition) is 7. The molecule has 10 heteroatoms. The number of nitrogens with zero attached hydrogens (tertiary/aromatic N) is 5. The molecule has 1 aromatic carbocycles. The molecule has 1 fully saturated rings. The summed E-state index contributed by atoms with van der Waals surface area (Å²) in [7, 11) is -3.75. The van der Waals surface area contributed by atoms with Gasteiger partial charge in [0, 0.05) is 48.5 Å². The van der Waals surface area contributed by atoms with Gasteiger partial charge in [0.2, 0.25) is 5.95 Å². The number of anilines is 4. The van der Waals surface area contributed by atoms with E-state index in [1.807, 2.05) is 26.8 Å². The van der Waals surface area contributed by atoms with E-state index in [0.29, 0.717) is 11.5 Å². The van der Waals surface area contributed by atoms with E-state index in [9.17, 15) is 8.42 Å². The second-order valence-electron chi connectivity index (χ2n) is 7.95. The summed E-state index contributed by atoms with van der Waals surface area (Å²) in [5.74, 6) is 1.45. The topological polar surface area (TPSA) is 105 Å². The van der Waals surface area contributed by atoms with Gasteiger partial charge in [-0.25, -0.2) is 9.97 Å². The first-order chi connectivity index (χ1) is 14.8. The lowest BCUT2D eigenvalue weighted by Gasteiger charge is -2.17. The van der Waals surface area contributed by atoms with Crippen LogP contribution in [0.5, 0.6) is 0 Å². The predicted octanol–water partition coefficient (Wildman–Crippen LogP) is 3.71. The molecule has 0 bridgehead atoms. The zero-order chi connectivity index (χ0) is 22.0. The lowest BCUT2D eigenvalue weighted by molar-refractivity contribution is 0.591. The van der Waals surface area contributed by atoms with Crippen LogP contribution in [-0.4, -0.2) is 41.0 Å². The maximum absolute atomic E-state index is 12.6. The summed E-state index contributed by atoms with van der Waals surface area (Å²) < 4.78 is 29.5. The summed E-state index contributed by atoms with van der Waals surface area (Å²) in [5.41, 5.74) is 2.16. The van der Waals surface area contributed by atoms with Crippen LogP contribution in [0.25, 0.3) is 0 Å². The summed E-state index contributed by atoms with van der Waals surface area (Å²) in [6.07, 6.45) is 5.37. The van der Waals surface area contributed by atoms with Gasteiger partial charge in [0.05, 0.1) is 6.33 Å². The molecule has 2 aromatic heterocycles. The zero-order valence-electron chi connectivity index (χ0n) is 17.9. The van der Waals surface area contributed by atoms with E-state index < -0.39 is 10.0 Å². The minimum absolute atomic E-state index is 0.00527. The van der Waals surface area contributed by atoms with E-state index in [1.54, 1.807) is 28.8 Å². The van der Waals surface area contributed by atoms with Crippen LogP contribution in [0.15, 0.2) is 47.9 Å². The van der Waals surface area contributed by atoms with Crippen LogP contribution in [0.1, 0.15) is 38.4 Å². The van der Waals surface area contributed by atoms with E-state index >= 15 is 0 Å². The number of aryl methyl sites for hydroxylation is 1. The van der Waals surface area contributed by atoms with Gasteiger partial charge in [0.25, 0.3) is 10.0 Å². The number of rotatable bonds is 7. The van der Waals surface area contributed by atoms with Crippen molar-refractivity contribution in [2.24, 2.45) is 0 Å². The number of imidazole rings is 1. The Morgan fingerprint density at radius 2 is 1.71 bits per heavy atom. The number of hydrogen-bond donors (Lipinski definition) is 2. The van der Waals surface area contributed by atoms with Crippen LogP contribution in [0.3, 0.4) is 0 Å². The molecule has 9 nitrogen and oxygen atoms in total. The van der Waals surface area contributed by atoms with Crippen LogP contribution < -0.4 is 14.9 Å². The highest BCUT2D eigenvalue weighted by Crippen LogP contribution is 2.23. The Bertz CT molecular complexity index is 1150. The second-order valence-corrected chi connectivity index (χ2v) is 9.58. The SMILES string of the molecule is Cc1cc(Nc2ccc(NS(=O)(=O)c3cn(C(C)C)cn3)cc2)nc(N2CCCC2)n1. The van der Waals surface area contributed by atoms with Gasteiger partial charge >= 0.3 is 0 Å². The van der Waals surface area contributed by atoms with Crippen molar-refractivity contribution >= 4 is 33.2 Å². The van der Waals surface area contributed by atoms with Crippen LogP contribution in [-0.2, 0) is 10.0 Å². The molecular weight excluding hydrogens is 414 g/mol. The normalized spacial score (nSPS) is 14.3. The molecule has 0 spiro atoms. The van der Waals surface area contributed by atoms with Gasteiger partial charge in [-0.15, -0.1) is 0 Å². The summed E-state index contributed by atoms with van der Waals surface area (Å²) in [4.78, 5) is 15.4. The van der Waals surface area contributed by atoms with Crippen molar-refractivity contribution < 1.29 is 8.42 Å². The number of nitrogens with one attached hydrogen (secondary N) is 2. The summed E-state index contributed by atoms with van der Waals surface area (Å²) in [5, 5.41) is 3.27. The van der Waals surface area contributed by atoms with Gasteiger partial charge in [0.15, 0.2) is 5.03 Å². The molecular formula is C21H27N7O2S. The van der Waals surface area contributed by atoms with Crippen LogP contribution in [0.4, 0.5) is 23.1 Å². The van der Waals surface area contributed by atoms with Crippen molar-refractivity contribution in [3.8, 4) is 0 Å². The van der Waals surface area contributed by atoms with Gasteiger partial charge in [-0.3, -0.25) is 4.72 Å². The standard InChI is InChI=1S/C21H27N7O2S/c1-15(2)28-13-20(22-14-28)31(29,30)26-18-8-6-17(7-9-18)24-19-12-16(3)23-21(25-19)27-10-4-5-11-27/h6-9,12-15,26H,4-5,10-11H2,1-3H3,(H,23,24,25). The molecule has 3 heterocycles. The van der Waals surface area contributed by atoms with Crippen molar-refractivity contribution in [1.29, 1.82) is 0 Å². The molecule has 1 aliphatic heterocycles. The molecule has 0 unspecified atom stereocenters. The maximum atomic E-state index is 12.6. The molecule has 164 valence electrons. The van der Waals surface area contributed by atoms with E-state index in [4.69, 9.17) is 0 Å². The highest BCUT2D eigenvalue weighted by atomic mass is 32.2. The molecule has 4 rings (SSSR count). The Morgan fingerprint density at radius 3 is 2.35 bits per heavy atom. The highest BCUT2D eigenvalue weighted by Gasteiger charge is 2.19. The summed E-state index contributed by atoms with van der Waals surface area (Å²) >= 11 is 0. The van der Waals surface area contributed by atoms with Gasteiger partial charge in [-0.2, -0.15) is 13.4 Å². The van der Waals surface area contributed by atoms with Gasteiger partial charge < -0.3 is 14.8 Å². The van der Waals surface area contributed by atoms with Crippen molar-refractivity contribution in [2.45, 2.75) is 44.7 Å². The average Bonchev–Trinajstić information content (AvgIpc) is 3.42. The molecule has 0 atom stereocenters. The van der Waals surface area contributed by atoms with Crippen LogP contribution >= 0.6 is 0 Å². The fraction of sp³-hybridized carbons (Fsp3) is 0.381. The molecule has 1 aliphatic rings. The third kappa shape index (κ3) is 4.96. The average molecular weight is 442 g/mol. The molecule has 31 heavy (non-hydrogen) atoms. The Labute approximate surface area is 182 Å². The first-order valence-corrected chi connectivity index (χ1v) is 11.8. The van der Waals surface area contributed by atoms with Crippen molar-refractivity contribution in [3.05, 3.63) is 48.5 Å². The fourth-order valence-electron chi connectivity index (χ4n) is 3.39. The van der Waals surface area contributed by atoms with Crippen LogP contribution in [0.2, 0.25) is 0 Å². The first-order valence-electron chi connectivity index (χ1n) is 10.3. The first kappa shape index (κ1) is 21.1. The number of aromatic nitrogens is 4. The third-order valence-corrected chi connectivity index (χ3v) is 6.36. The monoisotopic (exact) mass is 441 g/mol. The van der Waals surface area contributed by atoms with Gasteiger partial charge in [-0.05, 0) is 57.9 Å². The minimum Gasteiger partial charge on any atom is -0.341 e. The maximum Gasteiger partial charge on any atom is 0.280 e. The quantitative estimate of drug-likeness (QED) is 0.576. The Balaban J connectivity index is 1.46. The molecule has 0 amide bonds. The minimum atomic E-state index is -3.75. The summed E-state index contributed by atoms with van der Waals surface area (Å²) in [6.45, 7) is 7.83. The van der Waals surface area contributed by atoms with Crippen LogP contribution in [0, 0.1) is 6.92 Å². The van der Waals surface area contributed by atoms with E-state index in [-0.39, 0.29) is 11.1 Å². The fourth-order valence-corrected chi connectivity index (χ4v) is 4.39. The summed E-state index contributed by atoms with van der Waals surface area (Å²) in [6, 6.07) is 9.04. The Kier molecular flexibility index (Phi) is 5.81. The molecule has 3 aromatic rings. The molecule has 1 saturated heterocycles.